The smallest absolute Gasteiger partial charge is 0.0568 e. The molecule has 4 heteroatoms. The maximum atomic E-state index is 4.03. The molecule has 0 spiro atoms. The van der Waals surface area contributed by atoms with Crippen molar-refractivity contribution in [3.8, 4) is 0 Å². The first kappa shape index (κ1) is 13.7. The molecule has 0 amide bonds. The summed E-state index contributed by atoms with van der Waals surface area (Å²) in [7, 11) is 0. The molecule has 0 saturated carbocycles. The molecule has 2 nitrogen and oxygen atoms in total. The molecule has 2 rings (SSSR count). The highest BCUT2D eigenvalue weighted by Gasteiger charge is 1.88. The minimum absolute atomic E-state index is 1.05. The summed E-state index contributed by atoms with van der Waals surface area (Å²) in [5.74, 6) is 0. The fourth-order valence-electron chi connectivity index (χ4n) is 1.30. The van der Waals surface area contributed by atoms with Gasteiger partial charge in [0.15, 0.2) is 0 Å². The molecule has 0 aromatic heterocycles. The van der Waals surface area contributed by atoms with Crippen LogP contribution in [0.5, 0.6) is 0 Å². The maximum Gasteiger partial charge on any atom is 0.0568 e. The Morgan fingerprint density at radius 2 is 0.944 bits per heavy atom. The third-order valence-electron chi connectivity index (χ3n) is 2.22. The van der Waals surface area contributed by atoms with Crippen LogP contribution >= 0.6 is 45.2 Å². The van der Waals surface area contributed by atoms with Crippen molar-refractivity contribution < 1.29 is 0 Å². The summed E-state index contributed by atoms with van der Waals surface area (Å²) in [6.45, 7) is 0. The highest BCUT2D eigenvalue weighted by molar-refractivity contribution is 14.1. The summed E-state index contributed by atoms with van der Waals surface area (Å²) in [5, 5.41) is 8.06. The first-order chi connectivity index (χ1) is 8.74. The van der Waals surface area contributed by atoms with Crippen LogP contribution in [0.4, 0.5) is 0 Å². The lowest BCUT2D eigenvalue weighted by Crippen LogP contribution is -1.82. The summed E-state index contributed by atoms with van der Waals surface area (Å²) < 4.78 is 2.43. The van der Waals surface area contributed by atoms with Crippen molar-refractivity contribution in [2.45, 2.75) is 0 Å². The Labute approximate surface area is 134 Å². The van der Waals surface area contributed by atoms with Gasteiger partial charge in [-0.05, 0) is 80.6 Å². The molecule has 0 bridgehead atoms. The molecule has 0 atom stereocenters. The van der Waals surface area contributed by atoms with Gasteiger partial charge in [-0.3, -0.25) is 0 Å². The number of hydrogen-bond acceptors (Lipinski definition) is 2. The molecule has 0 saturated heterocycles. The van der Waals surface area contributed by atoms with Crippen molar-refractivity contribution in [1.82, 2.24) is 0 Å². The second-order valence-electron chi connectivity index (χ2n) is 3.59. The van der Waals surface area contributed by atoms with Gasteiger partial charge in [-0.1, -0.05) is 24.3 Å². The van der Waals surface area contributed by atoms with Gasteiger partial charge in [0, 0.05) is 7.14 Å². The summed E-state index contributed by atoms with van der Waals surface area (Å²) in [5.41, 5.74) is 2.10. The molecule has 2 aromatic carbocycles. The maximum absolute atomic E-state index is 4.03. The van der Waals surface area contributed by atoms with E-state index < -0.39 is 0 Å². The van der Waals surface area contributed by atoms with E-state index in [9.17, 15) is 0 Å². The molecule has 2 aromatic rings. The van der Waals surface area contributed by atoms with Crippen molar-refractivity contribution in [3.63, 3.8) is 0 Å². The third kappa shape index (κ3) is 4.49. The molecule has 0 aliphatic heterocycles. The van der Waals surface area contributed by atoms with Crippen LogP contribution in [0.25, 0.3) is 0 Å². The second kappa shape index (κ2) is 6.98. The Morgan fingerprint density at radius 3 is 1.28 bits per heavy atom. The van der Waals surface area contributed by atoms with Gasteiger partial charge in [-0.25, -0.2) is 0 Å². The van der Waals surface area contributed by atoms with E-state index >= 15 is 0 Å². The lowest BCUT2D eigenvalue weighted by atomic mass is 10.2. The summed E-state index contributed by atoms with van der Waals surface area (Å²) in [6.07, 6.45) is 3.50. The topological polar surface area (TPSA) is 24.7 Å². The fraction of sp³-hybridized carbons (Fsp3) is 0. The van der Waals surface area contributed by atoms with Gasteiger partial charge in [0.25, 0.3) is 0 Å². The molecule has 90 valence electrons. The number of nitrogens with zero attached hydrogens (tertiary/aromatic N) is 2. The zero-order valence-electron chi connectivity index (χ0n) is 9.42. The summed E-state index contributed by atoms with van der Waals surface area (Å²) >= 11 is 4.55. The van der Waals surface area contributed by atoms with Gasteiger partial charge >= 0.3 is 0 Å². The quantitative estimate of drug-likeness (QED) is 0.370. The molecule has 0 N–H and O–H groups in total. The average Bonchev–Trinajstić information content (AvgIpc) is 2.39. The van der Waals surface area contributed by atoms with E-state index in [0.717, 1.165) is 11.1 Å². The predicted octanol–water partition coefficient (Wildman–Crippen LogP) is 4.35. The van der Waals surface area contributed by atoms with Crippen molar-refractivity contribution in [2.24, 2.45) is 10.2 Å². The van der Waals surface area contributed by atoms with Gasteiger partial charge in [0.05, 0.1) is 12.4 Å². The fourth-order valence-corrected chi connectivity index (χ4v) is 2.02. The highest BCUT2D eigenvalue weighted by atomic mass is 127. The molecule has 0 heterocycles. The van der Waals surface area contributed by atoms with E-state index in [1.54, 1.807) is 12.4 Å². The molecule has 0 radical (unpaired) electrons. The summed E-state index contributed by atoms with van der Waals surface area (Å²) in [4.78, 5) is 0. The molecular formula is C14H10I2N2. The van der Waals surface area contributed by atoms with Gasteiger partial charge < -0.3 is 0 Å². The molecular weight excluding hydrogens is 450 g/mol. The molecule has 0 aliphatic carbocycles. The predicted molar refractivity (Wildman–Crippen MR) is 93.5 cm³/mol. The van der Waals surface area contributed by atoms with Crippen molar-refractivity contribution in [1.29, 1.82) is 0 Å². The summed E-state index contributed by atoms with van der Waals surface area (Å²) in [6, 6.07) is 16.3. The average molecular weight is 460 g/mol. The zero-order chi connectivity index (χ0) is 12.8. The normalized spacial score (nSPS) is 11.4. The minimum Gasteiger partial charge on any atom is -0.159 e. The van der Waals surface area contributed by atoms with Crippen molar-refractivity contribution >= 4 is 57.6 Å². The number of benzene rings is 2. The first-order valence-electron chi connectivity index (χ1n) is 5.31. The largest absolute Gasteiger partial charge is 0.159 e. The Balaban J connectivity index is 1.98. The number of halogens is 2. The van der Waals surface area contributed by atoms with E-state index in [4.69, 9.17) is 0 Å². The van der Waals surface area contributed by atoms with Crippen LogP contribution in [0.2, 0.25) is 0 Å². The Hall–Kier alpha value is -0.760. The van der Waals surface area contributed by atoms with Crippen LogP contribution in [0.1, 0.15) is 11.1 Å². The van der Waals surface area contributed by atoms with Crippen LogP contribution < -0.4 is 0 Å². The van der Waals surface area contributed by atoms with Crippen LogP contribution in [0.3, 0.4) is 0 Å². The van der Waals surface area contributed by atoms with E-state index in [1.165, 1.54) is 7.14 Å². The number of hydrogen-bond donors (Lipinski definition) is 0. The van der Waals surface area contributed by atoms with Gasteiger partial charge in [-0.2, -0.15) is 10.2 Å². The monoisotopic (exact) mass is 460 g/mol. The molecule has 0 aliphatic rings. The van der Waals surface area contributed by atoms with E-state index in [2.05, 4.69) is 55.4 Å². The van der Waals surface area contributed by atoms with E-state index in [1.807, 2.05) is 48.5 Å². The van der Waals surface area contributed by atoms with Crippen LogP contribution in [0.15, 0.2) is 58.7 Å². The van der Waals surface area contributed by atoms with Crippen LogP contribution in [-0.2, 0) is 0 Å². The second-order valence-corrected chi connectivity index (χ2v) is 6.08. The molecule has 0 unspecified atom stereocenters. The SMILES string of the molecule is Ic1ccc(C=NN=Cc2ccc(I)cc2)cc1. The lowest BCUT2D eigenvalue weighted by Gasteiger charge is -1.92. The van der Waals surface area contributed by atoms with Crippen molar-refractivity contribution in [2.75, 3.05) is 0 Å². The molecule has 18 heavy (non-hydrogen) atoms. The van der Waals surface area contributed by atoms with Gasteiger partial charge in [0.2, 0.25) is 0 Å². The lowest BCUT2D eigenvalue weighted by molar-refractivity contribution is 1.26. The van der Waals surface area contributed by atoms with E-state index in [0.29, 0.717) is 0 Å². The van der Waals surface area contributed by atoms with Crippen LogP contribution in [0, 0.1) is 7.14 Å². The first-order valence-corrected chi connectivity index (χ1v) is 7.47. The minimum atomic E-state index is 1.05. The van der Waals surface area contributed by atoms with Gasteiger partial charge in [-0.15, -0.1) is 0 Å². The number of rotatable bonds is 3. The highest BCUT2D eigenvalue weighted by Crippen LogP contribution is 2.06. The third-order valence-corrected chi connectivity index (χ3v) is 3.66. The standard InChI is InChI=1S/C14H10I2N2/c15-13-5-1-11(2-6-13)9-17-18-10-12-3-7-14(16)8-4-12/h1-10H. The van der Waals surface area contributed by atoms with E-state index in [-0.39, 0.29) is 0 Å². The molecule has 0 fully saturated rings. The van der Waals surface area contributed by atoms with Crippen molar-refractivity contribution in [3.05, 3.63) is 66.8 Å². The Bertz CT molecular complexity index is 504. The van der Waals surface area contributed by atoms with Crippen LogP contribution in [-0.4, -0.2) is 12.4 Å². The van der Waals surface area contributed by atoms with Gasteiger partial charge in [0.1, 0.15) is 0 Å². The Morgan fingerprint density at radius 1 is 0.611 bits per heavy atom. The zero-order valence-corrected chi connectivity index (χ0v) is 13.7. The Kier molecular flexibility index (Phi) is 5.30.